The van der Waals surface area contributed by atoms with E-state index in [-0.39, 0.29) is 23.8 Å². The van der Waals surface area contributed by atoms with E-state index in [2.05, 4.69) is 20.6 Å². The molecule has 11 heteroatoms. The van der Waals surface area contributed by atoms with Gasteiger partial charge in [-0.15, -0.1) is 5.10 Å². The number of thioether (sulfide) groups is 1. The van der Waals surface area contributed by atoms with Crippen molar-refractivity contribution in [3.63, 3.8) is 0 Å². The summed E-state index contributed by atoms with van der Waals surface area (Å²) in [7, 11) is 0. The number of carboxylic acid groups (broad SMARTS) is 1. The van der Waals surface area contributed by atoms with Gasteiger partial charge in [0.2, 0.25) is 5.91 Å². The van der Waals surface area contributed by atoms with E-state index in [4.69, 9.17) is 10.4 Å². The molecule has 1 saturated heterocycles. The molecule has 2 N–H and O–H groups in total. The summed E-state index contributed by atoms with van der Waals surface area (Å²) in [6.45, 7) is 0.385. The number of nitriles is 1. The second kappa shape index (κ2) is 9.11. The zero-order valence-corrected chi connectivity index (χ0v) is 15.8. The highest BCUT2D eigenvalue weighted by Gasteiger charge is 2.32. The Morgan fingerprint density at radius 2 is 2.21 bits per heavy atom. The molecule has 2 aromatic rings. The SMILES string of the molecule is N#CCCn1cc(C=NN=C2NC(=O)C(CC(=O)O)S2)c(-c2ccc(F)cc2)n1. The van der Waals surface area contributed by atoms with Crippen LogP contribution in [0.3, 0.4) is 0 Å². The molecular formula is C18H15FN6O3S. The molecule has 1 unspecified atom stereocenters. The average molecular weight is 414 g/mol. The van der Waals surface area contributed by atoms with E-state index in [0.29, 0.717) is 23.4 Å². The Morgan fingerprint density at radius 1 is 1.45 bits per heavy atom. The van der Waals surface area contributed by atoms with Gasteiger partial charge in [-0.25, -0.2) is 4.39 Å². The highest BCUT2D eigenvalue weighted by Crippen LogP contribution is 2.23. The largest absolute Gasteiger partial charge is 0.481 e. The van der Waals surface area contributed by atoms with E-state index >= 15 is 0 Å². The highest BCUT2D eigenvalue weighted by molar-refractivity contribution is 8.15. The van der Waals surface area contributed by atoms with Crippen molar-refractivity contribution in [2.75, 3.05) is 0 Å². The molecule has 0 saturated carbocycles. The molecule has 1 atom stereocenters. The van der Waals surface area contributed by atoms with Gasteiger partial charge < -0.3 is 10.4 Å². The van der Waals surface area contributed by atoms with E-state index in [1.807, 2.05) is 6.07 Å². The molecular weight excluding hydrogens is 399 g/mol. The fraction of sp³-hybridized carbons (Fsp3) is 0.222. The van der Waals surface area contributed by atoms with E-state index in [0.717, 1.165) is 11.8 Å². The number of rotatable bonds is 7. The number of aromatic nitrogens is 2. The fourth-order valence-electron chi connectivity index (χ4n) is 2.53. The van der Waals surface area contributed by atoms with E-state index in [9.17, 15) is 14.0 Å². The van der Waals surface area contributed by atoms with Crippen molar-refractivity contribution < 1.29 is 19.1 Å². The first kappa shape index (κ1) is 20.2. The molecule has 9 nitrogen and oxygen atoms in total. The average Bonchev–Trinajstić information content (AvgIpc) is 3.24. The van der Waals surface area contributed by atoms with Crippen LogP contribution < -0.4 is 5.32 Å². The molecule has 0 bridgehead atoms. The standard InChI is InChI=1S/C18H15FN6O3S/c19-13-4-2-11(3-5-13)16-12(10-25(24-16)7-1-6-20)9-21-23-18-22-17(28)14(29-18)8-15(26)27/h2-5,9-10,14H,1,7-8H2,(H,26,27)(H,22,23,28). The number of hydrogen-bond acceptors (Lipinski definition) is 7. The molecule has 1 aliphatic rings. The number of aryl methyl sites for hydroxylation is 1. The molecule has 0 aliphatic carbocycles. The normalized spacial score (nSPS) is 17.6. The second-order valence-corrected chi connectivity index (χ2v) is 7.15. The molecule has 1 aromatic carbocycles. The Hall–Kier alpha value is -3.52. The van der Waals surface area contributed by atoms with Gasteiger partial charge in [-0.2, -0.15) is 15.5 Å². The molecule has 1 aromatic heterocycles. The number of benzene rings is 1. The van der Waals surface area contributed by atoms with E-state index in [1.165, 1.54) is 18.3 Å². The Labute approximate surface area is 168 Å². The molecule has 148 valence electrons. The molecule has 29 heavy (non-hydrogen) atoms. The maximum Gasteiger partial charge on any atom is 0.305 e. The Kier molecular flexibility index (Phi) is 6.36. The van der Waals surface area contributed by atoms with Crippen LogP contribution in [0.4, 0.5) is 4.39 Å². The summed E-state index contributed by atoms with van der Waals surface area (Å²) in [6.07, 6.45) is 3.09. The van der Waals surface area contributed by atoms with Crippen LogP contribution in [0.5, 0.6) is 0 Å². The summed E-state index contributed by atoms with van der Waals surface area (Å²) in [6, 6.07) is 7.84. The summed E-state index contributed by atoms with van der Waals surface area (Å²) in [5, 5.41) is 31.8. The molecule has 1 fully saturated rings. The lowest BCUT2D eigenvalue weighted by molar-refractivity contribution is -0.138. The summed E-state index contributed by atoms with van der Waals surface area (Å²) < 4.78 is 14.8. The number of carbonyl (C=O) groups is 2. The molecule has 3 rings (SSSR count). The third-order valence-electron chi connectivity index (χ3n) is 3.84. The van der Waals surface area contributed by atoms with Crippen LogP contribution in [0.2, 0.25) is 0 Å². The van der Waals surface area contributed by atoms with Gasteiger partial charge in [-0.3, -0.25) is 14.3 Å². The van der Waals surface area contributed by atoms with Crippen molar-refractivity contribution in [1.29, 1.82) is 5.26 Å². The third-order valence-corrected chi connectivity index (χ3v) is 4.91. The number of amidine groups is 1. The van der Waals surface area contributed by atoms with Crippen LogP contribution in [0.1, 0.15) is 18.4 Å². The van der Waals surface area contributed by atoms with Crippen LogP contribution in [0.25, 0.3) is 11.3 Å². The predicted octanol–water partition coefficient (Wildman–Crippen LogP) is 2.00. The van der Waals surface area contributed by atoms with Gasteiger partial charge in [0.25, 0.3) is 0 Å². The zero-order chi connectivity index (χ0) is 20.8. The summed E-state index contributed by atoms with van der Waals surface area (Å²) in [4.78, 5) is 22.5. The Balaban J connectivity index is 1.81. The molecule has 2 heterocycles. The first-order valence-electron chi connectivity index (χ1n) is 8.47. The van der Waals surface area contributed by atoms with Crippen molar-refractivity contribution in [2.24, 2.45) is 10.2 Å². The highest BCUT2D eigenvalue weighted by atomic mass is 32.2. The molecule has 0 spiro atoms. The smallest absolute Gasteiger partial charge is 0.305 e. The lowest BCUT2D eigenvalue weighted by Gasteiger charge is -1.98. The van der Waals surface area contributed by atoms with Gasteiger partial charge >= 0.3 is 5.97 Å². The van der Waals surface area contributed by atoms with Crippen LogP contribution in [0.15, 0.2) is 40.7 Å². The summed E-state index contributed by atoms with van der Waals surface area (Å²) in [5.41, 5.74) is 1.80. The van der Waals surface area contributed by atoms with Crippen molar-refractivity contribution in [1.82, 2.24) is 15.1 Å². The minimum absolute atomic E-state index is 0.206. The molecule has 1 amide bonds. The number of nitrogens with one attached hydrogen (secondary N) is 1. The minimum Gasteiger partial charge on any atom is -0.481 e. The van der Waals surface area contributed by atoms with Gasteiger partial charge in [0.05, 0.1) is 31.7 Å². The fourth-order valence-corrected chi connectivity index (χ4v) is 3.45. The van der Waals surface area contributed by atoms with Gasteiger partial charge in [0.1, 0.15) is 16.8 Å². The first-order chi connectivity index (χ1) is 14.0. The number of amides is 1. The number of carbonyl (C=O) groups excluding carboxylic acids is 1. The molecule has 0 radical (unpaired) electrons. The Bertz CT molecular complexity index is 1030. The number of aliphatic carboxylic acids is 1. The number of carboxylic acids is 1. The van der Waals surface area contributed by atoms with Gasteiger partial charge in [-0.05, 0) is 24.3 Å². The lowest BCUT2D eigenvalue weighted by atomic mass is 10.1. The second-order valence-electron chi connectivity index (χ2n) is 5.95. The summed E-state index contributed by atoms with van der Waals surface area (Å²) >= 11 is 0.997. The van der Waals surface area contributed by atoms with Crippen molar-refractivity contribution in [3.05, 3.63) is 41.8 Å². The van der Waals surface area contributed by atoms with E-state index in [1.54, 1.807) is 23.0 Å². The number of nitrogens with zero attached hydrogens (tertiary/aromatic N) is 5. The van der Waals surface area contributed by atoms with Gasteiger partial charge in [-0.1, -0.05) is 11.8 Å². The van der Waals surface area contributed by atoms with Gasteiger partial charge in [0.15, 0.2) is 5.17 Å². The van der Waals surface area contributed by atoms with Gasteiger partial charge in [0, 0.05) is 17.3 Å². The minimum atomic E-state index is -1.07. The number of halogens is 1. The number of hydrogen-bond donors (Lipinski definition) is 2. The van der Waals surface area contributed by atoms with Crippen LogP contribution in [0, 0.1) is 17.1 Å². The predicted molar refractivity (Wildman–Crippen MR) is 105 cm³/mol. The Morgan fingerprint density at radius 3 is 2.90 bits per heavy atom. The zero-order valence-electron chi connectivity index (χ0n) is 14.9. The summed E-state index contributed by atoms with van der Waals surface area (Å²) in [5.74, 6) is -1.87. The maximum absolute atomic E-state index is 13.2. The van der Waals surface area contributed by atoms with Crippen LogP contribution >= 0.6 is 11.8 Å². The quantitative estimate of drug-likeness (QED) is 0.526. The molecule has 1 aliphatic heterocycles. The van der Waals surface area contributed by atoms with Crippen LogP contribution in [-0.4, -0.2) is 43.4 Å². The van der Waals surface area contributed by atoms with E-state index < -0.39 is 17.1 Å². The topological polar surface area (TPSA) is 133 Å². The lowest BCUT2D eigenvalue weighted by Crippen LogP contribution is -2.26. The van der Waals surface area contributed by atoms with Crippen molar-refractivity contribution in [2.45, 2.75) is 24.6 Å². The van der Waals surface area contributed by atoms with Crippen molar-refractivity contribution in [3.8, 4) is 17.3 Å². The first-order valence-corrected chi connectivity index (χ1v) is 9.35. The maximum atomic E-state index is 13.2. The van der Waals surface area contributed by atoms with Crippen molar-refractivity contribution >= 4 is 35.0 Å². The third kappa shape index (κ3) is 5.26. The van der Waals surface area contributed by atoms with Crippen LogP contribution in [-0.2, 0) is 16.1 Å². The monoisotopic (exact) mass is 414 g/mol.